The van der Waals surface area contributed by atoms with Crippen LogP contribution in [0.15, 0.2) is 84.9 Å². The van der Waals surface area contributed by atoms with Gasteiger partial charge in [-0.25, -0.2) is 4.79 Å². The molecule has 0 fully saturated rings. The number of rotatable bonds is 8. The molecule has 4 nitrogen and oxygen atoms in total. The zero-order chi connectivity index (χ0) is 20.5. The lowest BCUT2D eigenvalue weighted by molar-refractivity contribution is -0.131. The highest BCUT2D eigenvalue weighted by molar-refractivity contribution is 5.85. The van der Waals surface area contributed by atoms with Gasteiger partial charge in [-0.15, -0.1) is 0 Å². The highest BCUT2D eigenvalue weighted by atomic mass is 16.5. The molecule has 0 amide bonds. The molecule has 0 spiro atoms. The van der Waals surface area contributed by atoms with Crippen LogP contribution >= 0.6 is 0 Å². The van der Waals surface area contributed by atoms with Crippen LogP contribution in [0.1, 0.15) is 22.3 Å². The molecule has 3 aromatic rings. The van der Waals surface area contributed by atoms with E-state index in [2.05, 4.69) is 0 Å². The minimum absolute atomic E-state index is 0.0906. The predicted octanol–water partition coefficient (Wildman–Crippen LogP) is 5.32. The molecule has 4 heteroatoms. The highest BCUT2D eigenvalue weighted by Gasteiger charge is 2.07. The Morgan fingerprint density at radius 2 is 1.59 bits per heavy atom. The Bertz CT molecular complexity index is 1020. The van der Waals surface area contributed by atoms with Crippen LogP contribution in [0.4, 0.5) is 0 Å². The number of aliphatic carboxylic acids is 1. The van der Waals surface area contributed by atoms with Crippen molar-refractivity contribution in [3.63, 3.8) is 0 Å². The molecule has 0 aliphatic rings. The number of phenols is 1. The molecule has 3 aromatic carbocycles. The molecule has 29 heavy (non-hydrogen) atoms. The van der Waals surface area contributed by atoms with E-state index in [1.807, 2.05) is 72.8 Å². The molecule has 0 aliphatic heterocycles. The maximum atomic E-state index is 10.8. The summed E-state index contributed by atoms with van der Waals surface area (Å²) < 4.78 is 5.87. The summed E-state index contributed by atoms with van der Waals surface area (Å²) in [5.41, 5.74) is 3.66. The number of ether oxygens (including phenoxy) is 1. The molecule has 0 unspecified atom stereocenters. The summed E-state index contributed by atoms with van der Waals surface area (Å²) in [4.78, 5) is 10.8. The first-order valence-electron chi connectivity index (χ1n) is 9.27. The SMILES string of the molecule is O=C(O)/C=C/c1ccccc1C/C=C\c1cccc(O)c1OCc1ccccc1. The van der Waals surface area contributed by atoms with E-state index < -0.39 is 5.97 Å². The minimum Gasteiger partial charge on any atom is -0.504 e. The molecule has 0 heterocycles. The number of carboxylic acid groups (broad SMARTS) is 1. The Kier molecular flexibility index (Phi) is 6.85. The molecular formula is C25H22O4. The Morgan fingerprint density at radius 1 is 0.862 bits per heavy atom. The van der Waals surface area contributed by atoms with Crippen molar-refractivity contribution in [1.82, 2.24) is 0 Å². The van der Waals surface area contributed by atoms with E-state index in [1.54, 1.807) is 18.2 Å². The number of phenolic OH excluding ortho intramolecular Hbond substituents is 1. The standard InChI is InChI=1S/C25H22O4/c26-23-15-7-14-22(25(23)29-18-19-8-2-1-3-9-19)13-6-12-20-10-4-5-11-21(20)16-17-24(27)28/h1-11,13-17,26H,12,18H2,(H,27,28)/b13-6-,17-16+. The number of allylic oxidation sites excluding steroid dienone is 1. The van der Waals surface area contributed by atoms with E-state index in [4.69, 9.17) is 9.84 Å². The van der Waals surface area contributed by atoms with Crippen molar-refractivity contribution >= 4 is 18.1 Å². The summed E-state index contributed by atoms with van der Waals surface area (Å²) in [5, 5.41) is 19.1. The van der Waals surface area contributed by atoms with Gasteiger partial charge in [0.25, 0.3) is 0 Å². The Hall–Kier alpha value is -3.79. The van der Waals surface area contributed by atoms with Crippen LogP contribution in [-0.4, -0.2) is 16.2 Å². The summed E-state index contributed by atoms with van der Waals surface area (Å²) in [7, 11) is 0. The number of aromatic hydroxyl groups is 1. The van der Waals surface area contributed by atoms with Crippen LogP contribution in [0, 0.1) is 0 Å². The van der Waals surface area contributed by atoms with Gasteiger partial charge in [0.05, 0.1) is 0 Å². The number of carbonyl (C=O) groups is 1. The fraction of sp³-hybridized carbons (Fsp3) is 0.0800. The molecule has 0 bridgehead atoms. The third-order valence-electron chi connectivity index (χ3n) is 4.35. The van der Waals surface area contributed by atoms with Crippen molar-refractivity contribution < 1.29 is 19.7 Å². The first-order chi connectivity index (χ1) is 14.1. The van der Waals surface area contributed by atoms with E-state index in [0.717, 1.165) is 28.3 Å². The lowest BCUT2D eigenvalue weighted by Crippen LogP contribution is -1.97. The lowest BCUT2D eigenvalue weighted by atomic mass is 10.0. The van der Waals surface area contributed by atoms with Crippen molar-refractivity contribution in [2.24, 2.45) is 0 Å². The lowest BCUT2D eigenvalue weighted by Gasteiger charge is -2.11. The predicted molar refractivity (Wildman–Crippen MR) is 115 cm³/mol. The number of para-hydroxylation sites is 1. The summed E-state index contributed by atoms with van der Waals surface area (Å²) >= 11 is 0. The van der Waals surface area contributed by atoms with Gasteiger partial charge in [-0.05, 0) is 35.3 Å². The molecule has 0 aromatic heterocycles. The van der Waals surface area contributed by atoms with Crippen LogP contribution in [0.25, 0.3) is 12.2 Å². The average molecular weight is 386 g/mol. The third-order valence-corrected chi connectivity index (χ3v) is 4.35. The monoisotopic (exact) mass is 386 g/mol. The maximum Gasteiger partial charge on any atom is 0.328 e. The van der Waals surface area contributed by atoms with Gasteiger partial charge in [-0.3, -0.25) is 0 Å². The second kappa shape index (κ2) is 9.95. The molecule has 0 atom stereocenters. The van der Waals surface area contributed by atoms with Gasteiger partial charge in [0, 0.05) is 11.6 Å². The van der Waals surface area contributed by atoms with E-state index >= 15 is 0 Å². The molecule has 0 saturated carbocycles. The van der Waals surface area contributed by atoms with Gasteiger partial charge < -0.3 is 14.9 Å². The molecule has 3 rings (SSSR count). The maximum absolute atomic E-state index is 10.8. The van der Waals surface area contributed by atoms with Gasteiger partial charge in [0.15, 0.2) is 11.5 Å². The molecule has 2 N–H and O–H groups in total. The van der Waals surface area contributed by atoms with Gasteiger partial charge in [0.2, 0.25) is 0 Å². The summed E-state index contributed by atoms with van der Waals surface area (Å²) in [5.74, 6) is -0.449. The minimum atomic E-state index is -0.977. The number of hydrogen-bond donors (Lipinski definition) is 2. The van der Waals surface area contributed by atoms with Gasteiger partial charge >= 0.3 is 5.97 Å². The first kappa shape index (κ1) is 20.0. The molecule has 146 valence electrons. The van der Waals surface area contributed by atoms with Crippen LogP contribution in [0.3, 0.4) is 0 Å². The largest absolute Gasteiger partial charge is 0.504 e. The van der Waals surface area contributed by atoms with E-state index in [1.165, 1.54) is 0 Å². The van der Waals surface area contributed by atoms with Crippen molar-refractivity contribution in [3.05, 3.63) is 107 Å². The number of hydrogen-bond acceptors (Lipinski definition) is 3. The van der Waals surface area contributed by atoms with Gasteiger partial charge in [-0.1, -0.05) is 78.9 Å². The zero-order valence-electron chi connectivity index (χ0n) is 15.9. The topological polar surface area (TPSA) is 66.8 Å². The van der Waals surface area contributed by atoms with Gasteiger partial charge in [0.1, 0.15) is 6.61 Å². The Balaban J connectivity index is 1.75. The van der Waals surface area contributed by atoms with Crippen LogP contribution in [0.2, 0.25) is 0 Å². The van der Waals surface area contributed by atoms with Crippen LogP contribution in [-0.2, 0) is 17.8 Å². The fourth-order valence-corrected chi connectivity index (χ4v) is 2.92. The van der Waals surface area contributed by atoms with Crippen LogP contribution < -0.4 is 4.74 Å². The van der Waals surface area contributed by atoms with E-state index in [9.17, 15) is 9.90 Å². The van der Waals surface area contributed by atoms with E-state index in [-0.39, 0.29) is 5.75 Å². The van der Waals surface area contributed by atoms with Crippen molar-refractivity contribution in [2.75, 3.05) is 0 Å². The summed E-state index contributed by atoms with van der Waals surface area (Å²) in [6.07, 6.45) is 7.21. The smallest absolute Gasteiger partial charge is 0.328 e. The van der Waals surface area contributed by atoms with Crippen LogP contribution in [0.5, 0.6) is 11.5 Å². The zero-order valence-corrected chi connectivity index (χ0v) is 15.9. The Labute approximate surface area is 170 Å². The number of carboxylic acids is 1. The molecular weight excluding hydrogens is 364 g/mol. The van der Waals surface area contributed by atoms with E-state index in [0.29, 0.717) is 18.8 Å². The summed E-state index contributed by atoms with van der Waals surface area (Å²) in [6.45, 7) is 0.363. The first-order valence-corrected chi connectivity index (χ1v) is 9.27. The highest BCUT2D eigenvalue weighted by Crippen LogP contribution is 2.32. The molecule has 0 saturated heterocycles. The van der Waals surface area contributed by atoms with Crippen molar-refractivity contribution in [1.29, 1.82) is 0 Å². The summed E-state index contributed by atoms with van der Waals surface area (Å²) in [6, 6.07) is 22.7. The van der Waals surface area contributed by atoms with Crippen molar-refractivity contribution in [3.8, 4) is 11.5 Å². The van der Waals surface area contributed by atoms with Crippen molar-refractivity contribution in [2.45, 2.75) is 13.0 Å². The average Bonchev–Trinajstić information content (AvgIpc) is 2.73. The molecule has 0 aliphatic carbocycles. The Morgan fingerprint density at radius 3 is 2.38 bits per heavy atom. The quantitative estimate of drug-likeness (QED) is 0.514. The third kappa shape index (κ3) is 5.84. The second-order valence-electron chi connectivity index (χ2n) is 6.45. The second-order valence-corrected chi connectivity index (χ2v) is 6.45. The number of benzene rings is 3. The fourth-order valence-electron chi connectivity index (χ4n) is 2.92. The normalized spacial score (nSPS) is 11.2. The van der Waals surface area contributed by atoms with Gasteiger partial charge in [-0.2, -0.15) is 0 Å². The molecule has 0 radical (unpaired) electrons.